The third kappa shape index (κ3) is 2.33. The minimum absolute atomic E-state index is 0.0727. The molecule has 6 nitrogen and oxygen atoms in total. The summed E-state index contributed by atoms with van der Waals surface area (Å²) in [6, 6.07) is 4.36. The number of aliphatic hydroxyl groups excluding tert-OH is 1. The van der Waals surface area contributed by atoms with E-state index in [-0.39, 0.29) is 23.8 Å². The van der Waals surface area contributed by atoms with Crippen molar-refractivity contribution in [1.82, 2.24) is 5.32 Å². The number of aryl methyl sites for hydroxylation is 1. The first-order valence-corrected chi connectivity index (χ1v) is 5.66. The van der Waals surface area contributed by atoms with Gasteiger partial charge in [0.15, 0.2) is 0 Å². The molecule has 1 aliphatic carbocycles. The minimum Gasteiger partial charge on any atom is -0.394 e. The van der Waals surface area contributed by atoms with Crippen LogP contribution in [0.25, 0.3) is 0 Å². The molecule has 1 aromatic carbocycles. The lowest BCUT2D eigenvalue weighted by atomic mass is 10.1. The molecular formula is C12H14N2O4. The summed E-state index contributed by atoms with van der Waals surface area (Å²) < 4.78 is 0. The Morgan fingerprint density at radius 1 is 1.56 bits per heavy atom. The van der Waals surface area contributed by atoms with E-state index in [0.717, 1.165) is 12.8 Å². The summed E-state index contributed by atoms with van der Waals surface area (Å²) in [5.41, 5.74) is 0.167. The van der Waals surface area contributed by atoms with Crippen molar-refractivity contribution in [2.75, 3.05) is 6.61 Å². The maximum absolute atomic E-state index is 11.9. The van der Waals surface area contributed by atoms with Crippen LogP contribution >= 0.6 is 0 Å². The van der Waals surface area contributed by atoms with Crippen LogP contribution in [-0.2, 0) is 0 Å². The molecule has 1 aromatic rings. The molecule has 0 spiro atoms. The molecule has 1 aliphatic rings. The number of aliphatic hydroxyl groups is 1. The summed E-state index contributed by atoms with van der Waals surface area (Å²) >= 11 is 0. The third-order valence-corrected chi connectivity index (χ3v) is 3.20. The number of benzene rings is 1. The van der Waals surface area contributed by atoms with Crippen LogP contribution in [0.1, 0.15) is 28.8 Å². The summed E-state index contributed by atoms with van der Waals surface area (Å²) in [7, 11) is 0. The van der Waals surface area contributed by atoms with Crippen LogP contribution in [0.3, 0.4) is 0 Å². The quantitative estimate of drug-likeness (QED) is 0.619. The van der Waals surface area contributed by atoms with Gasteiger partial charge in [0.05, 0.1) is 17.1 Å². The minimum atomic E-state index is -0.517. The molecule has 6 heteroatoms. The van der Waals surface area contributed by atoms with Crippen molar-refractivity contribution in [3.8, 4) is 0 Å². The van der Waals surface area contributed by atoms with Crippen LogP contribution in [0.15, 0.2) is 18.2 Å². The second kappa shape index (κ2) is 4.38. The number of hydrogen-bond donors (Lipinski definition) is 2. The van der Waals surface area contributed by atoms with Crippen molar-refractivity contribution in [1.29, 1.82) is 0 Å². The van der Waals surface area contributed by atoms with Gasteiger partial charge in [-0.3, -0.25) is 14.9 Å². The van der Waals surface area contributed by atoms with Gasteiger partial charge in [-0.05, 0) is 25.8 Å². The van der Waals surface area contributed by atoms with E-state index < -0.39 is 10.5 Å². The summed E-state index contributed by atoms with van der Waals surface area (Å²) in [6.07, 6.45) is 1.48. The van der Waals surface area contributed by atoms with Crippen LogP contribution in [0.4, 0.5) is 5.69 Å². The highest BCUT2D eigenvalue weighted by atomic mass is 16.6. The summed E-state index contributed by atoms with van der Waals surface area (Å²) in [5.74, 6) is -0.385. The van der Waals surface area contributed by atoms with Gasteiger partial charge in [-0.25, -0.2) is 0 Å². The molecule has 0 aromatic heterocycles. The van der Waals surface area contributed by atoms with E-state index >= 15 is 0 Å². The Labute approximate surface area is 104 Å². The van der Waals surface area contributed by atoms with Gasteiger partial charge in [0.2, 0.25) is 0 Å². The summed E-state index contributed by atoms with van der Waals surface area (Å²) in [4.78, 5) is 22.2. The molecule has 0 bridgehead atoms. The summed E-state index contributed by atoms with van der Waals surface area (Å²) in [5, 5.41) is 22.6. The van der Waals surface area contributed by atoms with Crippen LogP contribution < -0.4 is 5.32 Å². The number of hydrogen-bond acceptors (Lipinski definition) is 4. The Kier molecular flexibility index (Phi) is 3.04. The zero-order valence-corrected chi connectivity index (χ0v) is 9.97. The SMILES string of the molecule is Cc1ccc(C(=O)NC2(CO)CC2)cc1[N+](=O)[O-]. The Balaban J connectivity index is 2.21. The molecule has 0 saturated heterocycles. The third-order valence-electron chi connectivity index (χ3n) is 3.20. The molecule has 0 atom stereocenters. The molecule has 0 aliphatic heterocycles. The Morgan fingerprint density at radius 3 is 2.72 bits per heavy atom. The number of nitro benzene ring substituents is 1. The van der Waals surface area contributed by atoms with Crippen molar-refractivity contribution in [2.24, 2.45) is 0 Å². The molecule has 1 amide bonds. The average molecular weight is 250 g/mol. The number of nitro groups is 1. The lowest BCUT2D eigenvalue weighted by molar-refractivity contribution is -0.385. The van der Waals surface area contributed by atoms with Gasteiger partial charge in [0.1, 0.15) is 0 Å². The van der Waals surface area contributed by atoms with E-state index in [9.17, 15) is 14.9 Å². The smallest absolute Gasteiger partial charge is 0.273 e. The molecule has 1 saturated carbocycles. The second-order valence-corrected chi connectivity index (χ2v) is 4.65. The Hall–Kier alpha value is -1.95. The number of rotatable bonds is 4. The van der Waals surface area contributed by atoms with Gasteiger partial charge >= 0.3 is 0 Å². The monoisotopic (exact) mass is 250 g/mol. The highest BCUT2D eigenvalue weighted by Crippen LogP contribution is 2.35. The van der Waals surface area contributed by atoms with E-state index in [2.05, 4.69) is 5.32 Å². The average Bonchev–Trinajstić information content (AvgIpc) is 3.09. The van der Waals surface area contributed by atoms with Gasteiger partial charge in [0, 0.05) is 17.2 Å². The normalized spacial score (nSPS) is 16.1. The fourth-order valence-electron chi connectivity index (χ4n) is 1.73. The molecule has 2 N–H and O–H groups in total. The van der Waals surface area contributed by atoms with E-state index in [1.54, 1.807) is 19.1 Å². The Bertz CT molecular complexity index is 509. The zero-order chi connectivity index (χ0) is 13.3. The molecule has 2 rings (SSSR count). The number of carbonyl (C=O) groups is 1. The van der Waals surface area contributed by atoms with Crippen LogP contribution in [0.2, 0.25) is 0 Å². The van der Waals surface area contributed by atoms with Gasteiger partial charge in [-0.1, -0.05) is 6.07 Å². The summed E-state index contributed by atoms with van der Waals surface area (Å²) in [6.45, 7) is 1.52. The highest BCUT2D eigenvalue weighted by molar-refractivity contribution is 5.95. The van der Waals surface area contributed by atoms with Gasteiger partial charge in [-0.2, -0.15) is 0 Å². The number of amides is 1. The molecule has 0 radical (unpaired) electrons. The predicted octanol–water partition coefficient (Wildman–Crippen LogP) is 1.16. The lowest BCUT2D eigenvalue weighted by Crippen LogP contribution is -2.39. The number of nitrogens with one attached hydrogen (secondary N) is 1. The van der Waals surface area contributed by atoms with Crippen molar-refractivity contribution in [2.45, 2.75) is 25.3 Å². The first-order chi connectivity index (χ1) is 8.47. The highest BCUT2D eigenvalue weighted by Gasteiger charge is 2.43. The molecule has 0 heterocycles. The number of nitrogens with zero attached hydrogens (tertiary/aromatic N) is 1. The van der Waals surface area contributed by atoms with Crippen LogP contribution in [0.5, 0.6) is 0 Å². The fraction of sp³-hybridized carbons (Fsp3) is 0.417. The maximum Gasteiger partial charge on any atom is 0.273 e. The van der Waals surface area contributed by atoms with Gasteiger partial charge in [0.25, 0.3) is 11.6 Å². The van der Waals surface area contributed by atoms with E-state index in [4.69, 9.17) is 5.11 Å². The van der Waals surface area contributed by atoms with Crippen molar-refractivity contribution in [3.63, 3.8) is 0 Å². The molecule has 96 valence electrons. The van der Waals surface area contributed by atoms with Crippen molar-refractivity contribution in [3.05, 3.63) is 39.4 Å². The molecule has 18 heavy (non-hydrogen) atoms. The van der Waals surface area contributed by atoms with E-state index in [1.807, 2.05) is 0 Å². The van der Waals surface area contributed by atoms with E-state index in [1.165, 1.54) is 6.07 Å². The van der Waals surface area contributed by atoms with Gasteiger partial charge in [-0.15, -0.1) is 0 Å². The largest absolute Gasteiger partial charge is 0.394 e. The molecule has 0 unspecified atom stereocenters. The first kappa shape index (κ1) is 12.5. The standard InChI is InChI=1S/C12H14N2O4/c1-8-2-3-9(6-10(8)14(17)18)11(16)13-12(7-15)4-5-12/h2-3,6,15H,4-5,7H2,1H3,(H,13,16). The second-order valence-electron chi connectivity index (χ2n) is 4.65. The topological polar surface area (TPSA) is 92.5 Å². The Morgan fingerprint density at radius 2 is 2.22 bits per heavy atom. The number of carbonyl (C=O) groups excluding carboxylic acids is 1. The fourth-order valence-corrected chi connectivity index (χ4v) is 1.73. The maximum atomic E-state index is 11.9. The zero-order valence-electron chi connectivity index (χ0n) is 9.97. The lowest BCUT2D eigenvalue weighted by Gasteiger charge is -2.14. The van der Waals surface area contributed by atoms with Crippen molar-refractivity contribution >= 4 is 11.6 Å². The van der Waals surface area contributed by atoms with Crippen LogP contribution in [-0.4, -0.2) is 28.1 Å². The van der Waals surface area contributed by atoms with Crippen molar-refractivity contribution < 1.29 is 14.8 Å². The predicted molar refractivity (Wildman–Crippen MR) is 64.4 cm³/mol. The first-order valence-electron chi connectivity index (χ1n) is 5.66. The van der Waals surface area contributed by atoms with Crippen LogP contribution in [0, 0.1) is 17.0 Å². The van der Waals surface area contributed by atoms with Gasteiger partial charge < -0.3 is 10.4 Å². The molecular weight excluding hydrogens is 236 g/mol. The van der Waals surface area contributed by atoms with E-state index in [0.29, 0.717) is 5.56 Å². The molecule has 1 fully saturated rings.